The highest BCUT2D eigenvalue weighted by Crippen LogP contribution is 2.58. The van der Waals surface area contributed by atoms with Crippen LogP contribution in [-0.4, -0.2) is 122 Å². The lowest BCUT2D eigenvalue weighted by Crippen LogP contribution is -2.65. The zero-order chi connectivity index (χ0) is 104. The largest absolute Gasteiger partial charge is 0.574 e. The molecule has 750 valence electrons. The molecule has 3 aromatic rings. The molecule has 0 saturated heterocycles. The Bertz CT molecular complexity index is 4300. The Morgan fingerprint density at radius 1 is 0.256 bits per heavy atom. The van der Waals surface area contributed by atoms with Crippen LogP contribution in [0.1, 0.15) is 0 Å². The van der Waals surface area contributed by atoms with Crippen molar-refractivity contribution in [1.82, 2.24) is 0 Å². The van der Waals surface area contributed by atoms with Gasteiger partial charge in [0.1, 0.15) is 5.75 Å². The minimum absolute atomic E-state index is 0.00452. The lowest BCUT2D eigenvalue weighted by atomic mass is 10.2. The molecular weight excluding hydrogens is 2130 g/mol. The maximum atomic E-state index is 13.3. The van der Waals surface area contributed by atoms with Gasteiger partial charge in [0.05, 0.1) is 0 Å². The van der Waals surface area contributed by atoms with Crippen LogP contribution in [0.3, 0.4) is 0 Å². The maximum absolute atomic E-state index is 13.3. The van der Waals surface area contributed by atoms with Crippen molar-refractivity contribution < 1.29 is 332 Å². The predicted octanol–water partition coefficient (Wildman–Crippen LogP) is 29.8. The van der Waals surface area contributed by atoms with Crippen molar-refractivity contribution in [3.8, 4) is 5.75 Å². The first-order valence-electron chi connectivity index (χ1n) is 27.3. The fourth-order valence-corrected chi connectivity index (χ4v) is 5.53. The summed E-state index contributed by atoms with van der Waals surface area (Å²) in [5.74, 6) is -29.7. The number of ether oxygens (including phenoxy) is 9. The summed E-state index contributed by atoms with van der Waals surface area (Å²) >= 11 is 1.14. The fraction of sp³-hybridized carbons (Fsp3) is 0.373. The van der Waals surface area contributed by atoms with Crippen molar-refractivity contribution in [3.63, 3.8) is 0 Å². The highest BCUT2D eigenvalue weighted by Gasteiger charge is 2.86. The van der Waals surface area contributed by atoms with E-state index in [1.165, 1.54) is 21.6 Å². The molecule has 0 N–H and O–H groups in total. The Hall–Kier alpha value is -9.89. The molecule has 3 aromatic carbocycles. The first kappa shape index (κ1) is 125. The lowest BCUT2D eigenvalue weighted by Gasteiger charge is -2.37. The fourth-order valence-electron chi connectivity index (χ4n) is 5.13. The third-order valence-electron chi connectivity index (χ3n) is 10.4. The number of alkyl halides is 43. The van der Waals surface area contributed by atoms with Crippen LogP contribution in [0, 0.1) is 0 Å². The molecule has 3 rings (SSSR count). The summed E-state index contributed by atoms with van der Waals surface area (Å²) in [6.45, 7) is 0. The zero-order valence-corrected chi connectivity index (χ0v) is 58.9. The summed E-state index contributed by atoms with van der Waals surface area (Å²) in [4.78, 5) is -2.95. The number of benzene rings is 3. The number of hydrogen-bond acceptors (Lipinski definition) is 12. The van der Waals surface area contributed by atoms with Crippen LogP contribution in [0.2, 0.25) is 0 Å². The molecule has 0 amide bonds. The SMILES string of the molecule is FC(F)=C(F)OC(F)(F)C(F)(F)Br.FC(F)=C(F)OC(F)(F)C(F)(F)C(F)(F)F.FC(F)=C(F)OC(F)(F)C(F)(F)F.FC(F)=C(F)OC(F)(F)C(F)(OC(F)(F)C(F)(F)C(F)(F)F)C(F)(F)F.FC(F)=C(F)OC(F)(F)F.FC(F)=C(F)Oc1ccc(N(c2ccccc2)c2ccccc2)cc1.O=S(=O)(F)C(F)(F)C(F)(F)OC(F)(C(F)(F)F)C(F)(F)OC(F)=C(F)F. The summed E-state index contributed by atoms with van der Waals surface area (Å²) in [5, 5.41) is -7.38. The lowest BCUT2D eigenvalue weighted by molar-refractivity contribution is -0.531. The molecule has 0 saturated carbocycles. The highest BCUT2D eigenvalue weighted by atomic mass is 79.9. The van der Waals surface area contributed by atoms with Gasteiger partial charge in [-0.1, -0.05) is 40.3 Å². The second-order valence-corrected chi connectivity index (χ2v) is 21.9. The van der Waals surface area contributed by atoms with Gasteiger partial charge in [-0.15, -0.1) is 13.2 Å². The third kappa shape index (κ3) is 36.1. The molecule has 2 atom stereocenters. The van der Waals surface area contributed by atoms with Crippen molar-refractivity contribution in [2.24, 2.45) is 0 Å². The molecule has 0 aliphatic rings. The average Bonchev–Trinajstić information content (AvgIpc) is 0.733. The van der Waals surface area contributed by atoms with E-state index < -0.39 is 209 Å². The van der Waals surface area contributed by atoms with Crippen LogP contribution in [0.25, 0.3) is 0 Å². The topological polar surface area (TPSA) is 120 Å². The van der Waals surface area contributed by atoms with Gasteiger partial charge in [-0.05, 0) is 48.5 Å². The molecule has 0 aliphatic heterocycles. The van der Waals surface area contributed by atoms with E-state index in [1.807, 2.05) is 75.0 Å². The number of halogens is 65. The van der Waals surface area contributed by atoms with Crippen LogP contribution in [-0.2, 0) is 48.1 Å². The quantitative estimate of drug-likeness (QED) is 0.0313. The molecule has 0 bridgehead atoms. The Labute approximate surface area is 668 Å². The molecule has 78 heteroatoms. The first-order chi connectivity index (χ1) is 56.5. The minimum Gasteiger partial charge on any atom is -0.428 e. The van der Waals surface area contributed by atoms with E-state index >= 15 is 0 Å². The molecule has 12 nitrogen and oxygen atoms in total. The van der Waals surface area contributed by atoms with Crippen molar-refractivity contribution >= 4 is 43.2 Å². The molecule has 0 fully saturated rings. The Kier molecular flexibility index (Phi) is 43.6. The van der Waals surface area contributed by atoms with Crippen molar-refractivity contribution in [1.29, 1.82) is 0 Å². The van der Waals surface area contributed by atoms with E-state index in [0.717, 1.165) is 33.0 Å². The molecule has 0 aliphatic carbocycles. The van der Waals surface area contributed by atoms with Crippen molar-refractivity contribution in [3.05, 3.63) is 170 Å². The summed E-state index contributed by atoms with van der Waals surface area (Å²) in [6.07, 6.45) is -113. The van der Waals surface area contributed by atoms with Crippen LogP contribution in [0.5, 0.6) is 5.75 Å². The van der Waals surface area contributed by atoms with E-state index in [-0.39, 0.29) is 5.75 Å². The molecule has 0 heterocycles. The summed E-state index contributed by atoms with van der Waals surface area (Å²) in [7, 11) is -7.89. The van der Waals surface area contributed by atoms with Crippen LogP contribution in [0.4, 0.5) is 298 Å². The molecule has 129 heavy (non-hydrogen) atoms. The Balaban J connectivity index is -0.000000725. The standard InChI is InChI=1S/C20H14F3NO.C8F16O2.C7F14O4S.C5F10O.C4BrF7O.C4F8O.C3F6O/c21-19(22)20(23)25-18-13-11-17(12-14-18)24(15-7-3-1-4-8-15)16-9-5-2-6-10-16;9-1(10)2(11)25-8(23,24)4(14,6(18,19)20)26-7(21,22)3(12,13)5(15,16)17;8-1(9)2(10)24-5(15,16)3(11,4(12,13)14)25-6(17,18)7(19,20)26(21,22)23;6-1(7)2(8)16-5(14,15)3(9,10)4(11,12)13;5-3(9,10)4(11,12)13-2(8)1(6)7;5-1(6)2(7)13-4(11,12)3(8,9)10;4-1(5)2(6)10-3(7,8)9/h1-14H;;;;;;. The number of para-hydroxylation sites is 2. The van der Waals surface area contributed by atoms with Gasteiger partial charge >= 0.3 is 209 Å². The van der Waals surface area contributed by atoms with Gasteiger partial charge in [-0.3, -0.25) is 9.47 Å². The van der Waals surface area contributed by atoms with Gasteiger partial charge in [0.2, 0.25) is 0 Å². The molecule has 2 unspecified atom stereocenters. The van der Waals surface area contributed by atoms with Gasteiger partial charge in [-0.25, -0.2) is 0 Å². The number of nitrogens with zero attached hydrogens (tertiary/aromatic N) is 1. The number of anilines is 3. The van der Waals surface area contributed by atoms with E-state index in [0.29, 0.717) is 0 Å². The van der Waals surface area contributed by atoms with Crippen LogP contribution >= 0.6 is 15.9 Å². The second-order valence-electron chi connectivity index (χ2n) is 19.5. The zero-order valence-electron chi connectivity index (χ0n) is 56.5. The van der Waals surface area contributed by atoms with Crippen LogP contribution < -0.4 is 9.64 Å². The van der Waals surface area contributed by atoms with Crippen molar-refractivity contribution in [2.75, 3.05) is 4.90 Å². The number of hydrogen-bond donors (Lipinski definition) is 0. The molecule has 0 spiro atoms. The Morgan fingerprint density at radius 2 is 0.488 bits per heavy atom. The first-order valence-corrected chi connectivity index (χ1v) is 29.5. The van der Waals surface area contributed by atoms with Gasteiger partial charge in [-0.2, -0.15) is 272 Å². The number of rotatable bonds is 27. The summed E-state index contributed by atoms with van der Waals surface area (Å²) < 4.78 is 799. The van der Waals surface area contributed by atoms with E-state index in [9.17, 15) is 289 Å². The van der Waals surface area contributed by atoms with Gasteiger partial charge < -0.3 is 38.1 Å². The van der Waals surface area contributed by atoms with Crippen molar-refractivity contribution in [2.45, 2.75) is 114 Å². The minimum atomic E-state index is -7.89. The summed E-state index contributed by atoms with van der Waals surface area (Å²) in [6, 6.07) is 2.98. The van der Waals surface area contributed by atoms with Crippen LogP contribution in [0.15, 0.2) is 170 Å². The van der Waals surface area contributed by atoms with Gasteiger partial charge in [0.15, 0.2) is 0 Å². The average molecular weight is 2140 g/mol. The van der Waals surface area contributed by atoms with E-state index in [4.69, 9.17) is 0 Å². The van der Waals surface area contributed by atoms with Gasteiger partial charge in [0, 0.05) is 33.0 Å². The second kappa shape index (κ2) is 44.8. The molecule has 0 radical (unpaired) electrons. The third-order valence-corrected chi connectivity index (χ3v) is 11.7. The Morgan fingerprint density at radius 3 is 0.713 bits per heavy atom. The maximum Gasteiger partial charge on any atom is 0.574 e. The van der Waals surface area contributed by atoms with Gasteiger partial charge in [0.25, 0.3) is 0 Å². The summed E-state index contributed by atoms with van der Waals surface area (Å²) in [5.41, 5.74) is 2.65. The molecule has 0 aromatic heterocycles. The molecular formula is C51H14BrF64NO11S. The normalized spacial score (nSPS) is 13.9. The van der Waals surface area contributed by atoms with E-state index in [2.05, 4.69) is 18.9 Å². The predicted molar refractivity (Wildman–Crippen MR) is 280 cm³/mol. The smallest absolute Gasteiger partial charge is 0.428 e. The van der Waals surface area contributed by atoms with E-state index in [1.54, 1.807) is 16.9 Å². The highest BCUT2D eigenvalue weighted by molar-refractivity contribution is 9.10. The monoisotopic (exact) mass is 2140 g/mol.